The van der Waals surface area contributed by atoms with Crippen molar-refractivity contribution in [2.24, 2.45) is 0 Å². The Kier molecular flexibility index (Phi) is 4.14. The summed E-state index contributed by atoms with van der Waals surface area (Å²) in [6, 6.07) is 12.3. The van der Waals surface area contributed by atoms with Gasteiger partial charge in [0, 0.05) is 6.42 Å². The van der Waals surface area contributed by atoms with Crippen molar-refractivity contribution in [2.45, 2.75) is 25.6 Å². The molecule has 0 heterocycles. The summed E-state index contributed by atoms with van der Waals surface area (Å²) in [4.78, 5) is 0. The zero-order chi connectivity index (χ0) is 14.8. The van der Waals surface area contributed by atoms with Crippen LogP contribution in [0.5, 0.6) is 0 Å². The molecule has 0 amide bonds. The number of alkyl halides is 3. The first-order valence-electron chi connectivity index (χ1n) is 6.27. The third-order valence-electron chi connectivity index (χ3n) is 3.27. The second-order valence-electron chi connectivity index (χ2n) is 4.77. The summed E-state index contributed by atoms with van der Waals surface area (Å²) in [7, 11) is 0. The number of aryl methyl sites for hydroxylation is 1. The van der Waals surface area contributed by atoms with Crippen LogP contribution in [-0.2, 0) is 12.6 Å². The van der Waals surface area contributed by atoms with Crippen LogP contribution in [0.4, 0.5) is 13.2 Å². The lowest BCUT2D eigenvalue weighted by atomic mass is 9.97. The molecule has 0 aliphatic heterocycles. The van der Waals surface area contributed by atoms with Gasteiger partial charge in [-0.2, -0.15) is 13.2 Å². The fourth-order valence-electron chi connectivity index (χ4n) is 2.09. The van der Waals surface area contributed by atoms with Gasteiger partial charge >= 0.3 is 6.18 Å². The molecule has 0 aliphatic carbocycles. The molecule has 20 heavy (non-hydrogen) atoms. The summed E-state index contributed by atoms with van der Waals surface area (Å²) >= 11 is 0. The number of aliphatic hydroxyl groups excluding tert-OH is 1. The third-order valence-corrected chi connectivity index (χ3v) is 3.27. The highest BCUT2D eigenvalue weighted by Crippen LogP contribution is 2.31. The topological polar surface area (TPSA) is 20.2 Å². The van der Waals surface area contributed by atoms with Crippen LogP contribution in [0.2, 0.25) is 0 Å². The van der Waals surface area contributed by atoms with Crippen molar-refractivity contribution in [1.29, 1.82) is 0 Å². The van der Waals surface area contributed by atoms with Gasteiger partial charge in [-0.25, -0.2) is 0 Å². The average Bonchev–Trinajstić information content (AvgIpc) is 2.40. The molecule has 2 aromatic rings. The Bertz CT molecular complexity index is 590. The Morgan fingerprint density at radius 2 is 1.75 bits per heavy atom. The molecule has 4 heteroatoms. The molecule has 2 aromatic carbocycles. The highest BCUT2D eigenvalue weighted by Gasteiger charge is 2.30. The van der Waals surface area contributed by atoms with Crippen molar-refractivity contribution < 1.29 is 18.3 Å². The molecule has 0 aliphatic rings. The summed E-state index contributed by atoms with van der Waals surface area (Å²) in [5.41, 5.74) is 1.48. The summed E-state index contributed by atoms with van der Waals surface area (Å²) in [6.07, 6.45) is -5.04. The van der Waals surface area contributed by atoms with Gasteiger partial charge in [0.1, 0.15) is 0 Å². The Morgan fingerprint density at radius 3 is 2.40 bits per heavy atom. The molecule has 2 rings (SSSR count). The van der Waals surface area contributed by atoms with E-state index in [9.17, 15) is 18.3 Å². The van der Waals surface area contributed by atoms with Crippen molar-refractivity contribution in [2.75, 3.05) is 0 Å². The van der Waals surface area contributed by atoms with E-state index in [4.69, 9.17) is 0 Å². The minimum atomic E-state index is -4.39. The van der Waals surface area contributed by atoms with Crippen molar-refractivity contribution in [3.63, 3.8) is 0 Å². The maximum Gasteiger partial charge on any atom is 0.416 e. The van der Waals surface area contributed by atoms with Crippen molar-refractivity contribution in [1.82, 2.24) is 0 Å². The fraction of sp³-hybridized carbons (Fsp3) is 0.250. The van der Waals surface area contributed by atoms with Crippen LogP contribution in [0.1, 0.15) is 28.4 Å². The van der Waals surface area contributed by atoms with Gasteiger partial charge < -0.3 is 5.11 Å². The van der Waals surface area contributed by atoms with Gasteiger partial charge in [-0.1, -0.05) is 36.4 Å². The fourth-order valence-corrected chi connectivity index (χ4v) is 2.09. The molecule has 106 valence electrons. The first-order valence-corrected chi connectivity index (χ1v) is 6.27. The van der Waals surface area contributed by atoms with Crippen LogP contribution in [0, 0.1) is 6.92 Å². The van der Waals surface area contributed by atoms with E-state index in [1.807, 2.05) is 31.2 Å². The van der Waals surface area contributed by atoms with E-state index in [2.05, 4.69) is 0 Å². The van der Waals surface area contributed by atoms with E-state index < -0.39 is 17.8 Å². The molecule has 0 radical (unpaired) electrons. The quantitative estimate of drug-likeness (QED) is 0.889. The van der Waals surface area contributed by atoms with Gasteiger partial charge in [0.25, 0.3) is 0 Å². The molecular weight excluding hydrogens is 265 g/mol. The molecule has 0 fully saturated rings. The van der Waals surface area contributed by atoms with Crippen molar-refractivity contribution in [3.8, 4) is 0 Å². The van der Waals surface area contributed by atoms with Gasteiger partial charge in [0.15, 0.2) is 0 Å². The second-order valence-corrected chi connectivity index (χ2v) is 4.77. The minimum absolute atomic E-state index is 0.281. The zero-order valence-electron chi connectivity index (χ0n) is 11.0. The van der Waals surface area contributed by atoms with Crippen LogP contribution >= 0.6 is 0 Å². The highest BCUT2D eigenvalue weighted by atomic mass is 19.4. The standard InChI is InChI=1S/C16H15F3O/c1-11-5-2-3-6-12(11)10-15(20)13-7-4-8-14(9-13)16(17,18)19/h2-9,15,20H,10H2,1H3. The average molecular weight is 280 g/mol. The third kappa shape index (κ3) is 3.39. The minimum Gasteiger partial charge on any atom is -0.388 e. The van der Waals surface area contributed by atoms with Crippen molar-refractivity contribution >= 4 is 0 Å². The highest BCUT2D eigenvalue weighted by molar-refractivity contribution is 5.31. The Morgan fingerprint density at radius 1 is 1.05 bits per heavy atom. The van der Waals surface area contributed by atoms with Crippen LogP contribution in [0.3, 0.4) is 0 Å². The Balaban J connectivity index is 2.22. The lowest BCUT2D eigenvalue weighted by molar-refractivity contribution is -0.137. The lowest BCUT2D eigenvalue weighted by Gasteiger charge is -2.15. The molecule has 0 saturated carbocycles. The maximum atomic E-state index is 12.6. The molecule has 1 N–H and O–H groups in total. The van der Waals surface area contributed by atoms with Crippen molar-refractivity contribution in [3.05, 3.63) is 70.8 Å². The van der Waals surface area contributed by atoms with Crippen LogP contribution in [-0.4, -0.2) is 5.11 Å². The largest absolute Gasteiger partial charge is 0.416 e. The summed E-state index contributed by atoms with van der Waals surface area (Å²) in [6.45, 7) is 1.91. The number of benzene rings is 2. The Labute approximate surface area is 115 Å². The van der Waals surface area contributed by atoms with E-state index >= 15 is 0 Å². The molecular formula is C16H15F3O. The van der Waals surface area contributed by atoms with E-state index in [0.29, 0.717) is 6.42 Å². The number of hydrogen-bond donors (Lipinski definition) is 1. The molecule has 1 unspecified atom stereocenters. The van der Waals surface area contributed by atoms with Gasteiger partial charge in [-0.05, 0) is 35.7 Å². The summed E-state index contributed by atoms with van der Waals surface area (Å²) in [5, 5.41) is 10.1. The predicted molar refractivity (Wildman–Crippen MR) is 71.3 cm³/mol. The van der Waals surface area contributed by atoms with Gasteiger partial charge in [0.2, 0.25) is 0 Å². The van der Waals surface area contributed by atoms with E-state index in [-0.39, 0.29) is 5.56 Å². The van der Waals surface area contributed by atoms with Gasteiger partial charge in [-0.3, -0.25) is 0 Å². The number of rotatable bonds is 3. The first kappa shape index (κ1) is 14.6. The number of hydrogen-bond acceptors (Lipinski definition) is 1. The van der Waals surface area contributed by atoms with E-state index in [0.717, 1.165) is 23.3 Å². The first-order chi connectivity index (χ1) is 9.38. The predicted octanol–water partition coefficient (Wildman–Crippen LogP) is 4.29. The van der Waals surface area contributed by atoms with Crippen LogP contribution in [0.25, 0.3) is 0 Å². The monoisotopic (exact) mass is 280 g/mol. The number of halogens is 3. The molecule has 0 bridgehead atoms. The zero-order valence-corrected chi connectivity index (χ0v) is 11.0. The van der Waals surface area contributed by atoms with Crippen LogP contribution in [0.15, 0.2) is 48.5 Å². The molecule has 0 aromatic heterocycles. The lowest BCUT2D eigenvalue weighted by Crippen LogP contribution is -2.08. The molecule has 0 saturated heterocycles. The van der Waals surface area contributed by atoms with E-state index in [1.54, 1.807) is 0 Å². The van der Waals surface area contributed by atoms with Gasteiger partial charge in [-0.15, -0.1) is 0 Å². The van der Waals surface area contributed by atoms with Gasteiger partial charge in [0.05, 0.1) is 11.7 Å². The normalized spacial score (nSPS) is 13.2. The maximum absolute atomic E-state index is 12.6. The smallest absolute Gasteiger partial charge is 0.388 e. The SMILES string of the molecule is Cc1ccccc1CC(O)c1cccc(C(F)(F)F)c1. The Hall–Kier alpha value is -1.81. The molecule has 1 atom stereocenters. The summed E-state index contributed by atoms with van der Waals surface area (Å²) in [5.74, 6) is 0. The number of aliphatic hydroxyl groups is 1. The van der Waals surface area contributed by atoms with E-state index in [1.165, 1.54) is 12.1 Å². The molecule has 0 spiro atoms. The second kappa shape index (κ2) is 5.67. The molecule has 1 nitrogen and oxygen atoms in total. The summed E-state index contributed by atoms with van der Waals surface area (Å²) < 4.78 is 37.9. The van der Waals surface area contributed by atoms with Crippen LogP contribution < -0.4 is 0 Å².